The van der Waals surface area contributed by atoms with Crippen molar-refractivity contribution in [2.75, 3.05) is 11.9 Å². The molecular formula is C20H26F3N3O4. The lowest BCUT2D eigenvalue weighted by Crippen LogP contribution is -2.36. The van der Waals surface area contributed by atoms with E-state index < -0.39 is 35.2 Å². The Kier molecular flexibility index (Phi) is 10.6. The summed E-state index contributed by atoms with van der Waals surface area (Å²) in [6, 6.07) is 3.89. The minimum absolute atomic E-state index is 0.179. The number of carbonyl (C=O) groups excluding carboxylic acids is 3. The Labute approximate surface area is 173 Å². The van der Waals surface area contributed by atoms with Gasteiger partial charge in [0, 0.05) is 19.2 Å². The van der Waals surface area contributed by atoms with Crippen LogP contribution in [0.4, 0.5) is 23.7 Å². The van der Waals surface area contributed by atoms with E-state index >= 15 is 0 Å². The van der Waals surface area contributed by atoms with E-state index in [9.17, 15) is 27.6 Å². The molecule has 7 nitrogen and oxygen atoms in total. The Morgan fingerprint density at radius 2 is 1.73 bits per heavy atom. The fourth-order valence-corrected chi connectivity index (χ4v) is 2.46. The maximum Gasteiger partial charge on any atom is 0.437 e. The molecule has 1 rings (SSSR count). The van der Waals surface area contributed by atoms with Crippen LogP contribution in [-0.2, 0) is 20.6 Å². The van der Waals surface area contributed by atoms with Crippen molar-refractivity contribution in [2.45, 2.75) is 58.5 Å². The Balaban J connectivity index is 2.56. The predicted molar refractivity (Wildman–Crippen MR) is 106 cm³/mol. The third kappa shape index (κ3) is 9.53. The third-order valence-electron chi connectivity index (χ3n) is 4.02. The number of oxime groups is 1. The molecule has 1 aromatic rings. The van der Waals surface area contributed by atoms with Gasteiger partial charge in [-0.3, -0.25) is 19.7 Å². The second-order valence-electron chi connectivity index (χ2n) is 6.60. The molecule has 0 heterocycles. The second kappa shape index (κ2) is 12.6. The van der Waals surface area contributed by atoms with Crippen molar-refractivity contribution in [3.63, 3.8) is 0 Å². The van der Waals surface area contributed by atoms with Gasteiger partial charge in [0.05, 0.1) is 5.56 Å². The standard InChI is InChI=1S/C20H26F3N3O4/c1-3-4-5-6-7-8-12-24-18(28)17(14(2)27)26-30-19(29)25-16-11-9-10-15(13-16)20(21,22)23/h9-11,13H,3-8,12H2,1-2H3,(H,24,28)(H,25,29)/b26-17-. The first-order chi connectivity index (χ1) is 14.1. The molecule has 0 saturated carbocycles. The Morgan fingerprint density at radius 1 is 1.07 bits per heavy atom. The highest BCUT2D eigenvalue weighted by molar-refractivity contribution is 6.65. The summed E-state index contributed by atoms with van der Waals surface area (Å²) in [5.74, 6) is -1.51. The number of Topliss-reactive ketones (excluding diaryl/α,β-unsaturated/α-hetero) is 1. The van der Waals surface area contributed by atoms with Crippen LogP contribution in [0.25, 0.3) is 0 Å². The number of nitrogens with zero attached hydrogens (tertiary/aromatic N) is 1. The van der Waals surface area contributed by atoms with E-state index in [0.29, 0.717) is 12.6 Å². The molecule has 0 radical (unpaired) electrons. The van der Waals surface area contributed by atoms with E-state index in [1.165, 1.54) is 6.07 Å². The van der Waals surface area contributed by atoms with Crippen molar-refractivity contribution >= 4 is 29.2 Å². The topological polar surface area (TPSA) is 96.9 Å². The number of hydrogen-bond donors (Lipinski definition) is 2. The smallest absolute Gasteiger partial charge is 0.350 e. The van der Waals surface area contributed by atoms with Crippen molar-refractivity contribution in [3.05, 3.63) is 29.8 Å². The van der Waals surface area contributed by atoms with Crippen LogP contribution in [0.3, 0.4) is 0 Å². The van der Waals surface area contributed by atoms with Gasteiger partial charge in [0.15, 0.2) is 5.78 Å². The minimum Gasteiger partial charge on any atom is -0.350 e. The molecule has 2 amide bonds. The number of anilines is 1. The number of halogens is 3. The summed E-state index contributed by atoms with van der Waals surface area (Å²) in [4.78, 5) is 39.8. The molecule has 0 saturated heterocycles. The molecule has 0 aliphatic carbocycles. The fourth-order valence-electron chi connectivity index (χ4n) is 2.46. The summed E-state index contributed by atoms with van der Waals surface area (Å²) >= 11 is 0. The van der Waals surface area contributed by atoms with Crippen LogP contribution in [-0.4, -0.2) is 30.0 Å². The van der Waals surface area contributed by atoms with Gasteiger partial charge in [0.25, 0.3) is 5.91 Å². The van der Waals surface area contributed by atoms with Gasteiger partial charge >= 0.3 is 12.3 Å². The lowest BCUT2D eigenvalue weighted by atomic mass is 10.1. The molecule has 10 heteroatoms. The van der Waals surface area contributed by atoms with E-state index in [4.69, 9.17) is 0 Å². The molecule has 0 aliphatic rings. The summed E-state index contributed by atoms with van der Waals surface area (Å²) in [6.07, 6.45) is 0.326. The van der Waals surface area contributed by atoms with Gasteiger partial charge in [-0.1, -0.05) is 50.2 Å². The number of ketones is 1. The summed E-state index contributed by atoms with van der Waals surface area (Å²) in [6.45, 7) is 3.54. The van der Waals surface area contributed by atoms with E-state index in [1.54, 1.807) is 0 Å². The summed E-state index contributed by atoms with van der Waals surface area (Å²) < 4.78 is 38.1. The van der Waals surface area contributed by atoms with Crippen LogP contribution in [0, 0.1) is 0 Å². The van der Waals surface area contributed by atoms with Crippen LogP contribution >= 0.6 is 0 Å². The maximum absolute atomic E-state index is 12.7. The number of amides is 2. The van der Waals surface area contributed by atoms with Crippen LogP contribution in [0.15, 0.2) is 29.4 Å². The quantitative estimate of drug-likeness (QED) is 0.176. The van der Waals surface area contributed by atoms with Gasteiger partial charge < -0.3 is 5.32 Å². The number of nitrogens with one attached hydrogen (secondary N) is 2. The van der Waals surface area contributed by atoms with E-state index in [2.05, 4.69) is 27.6 Å². The third-order valence-corrected chi connectivity index (χ3v) is 4.02. The second-order valence-corrected chi connectivity index (χ2v) is 6.60. The van der Waals surface area contributed by atoms with E-state index in [0.717, 1.165) is 57.6 Å². The SMILES string of the molecule is CCCCCCCCNC(=O)/C(=N\OC(=O)Nc1cccc(C(F)(F)F)c1)C(C)=O. The predicted octanol–water partition coefficient (Wildman–Crippen LogP) is 4.68. The molecule has 166 valence electrons. The van der Waals surface area contributed by atoms with Crippen molar-refractivity contribution in [1.29, 1.82) is 0 Å². The average Bonchev–Trinajstić information content (AvgIpc) is 2.66. The molecule has 2 N–H and O–H groups in total. The monoisotopic (exact) mass is 429 g/mol. The number of benzene rings is 1. The molecule has 0 fully saturated rings. The number of alkyl halides is 3. The van der Waals surface area contributed by atoms with Crippen LogP contribution in [0.5, 0.6) is 0 Å². The number of hydrogen-bond acceptors (Lipinski definition) is 5. The zero-order valence-electron chi connectivity index (χ0n) is 17.0. The van der Waals surface area contributed by atoms with Gasteiger partial charge in [-0.05, 0) is 24.6 Å². The summed E-state index contributed by atoms with van der Waals surface area (Å²) in [7, 11) is 0. The minimum atomic E-state index is -4.57. The number of unbranched alkanes of at least 4 members (excludes halogenated alkanes) is 5. The molecule has 0 unspecified atom stereocenters. The first-order valence-corrected chi connectivity index (χ1v) is 9.67. The van der Waals surface area contributed by atoms with Crippen molar-refractivity contribution in [2.24, 2.45) is 5.16 Å². The molecule has 0 bridgehead atoms. The number of rotatable bonds is 11. The van der Waals surface area contributed by atoms with Gasteiger partial charge in [0.2, 0.25) is 5.71 Å². The number of carbonyl (C=O) groups is 3. The highest BCUT2D eigenvalue weighted by Crippen LogP contribution is 2.30. The normalized spacial score (nSPS) is 11.7. The molecule has 0 aromatic heterocycles. The highest BCUT2D eigenvalue weighted by atomic mass is 19.4. The Morgan fingerprint density at radius 3 is 2.37 bits per heavy atom. The Bertz CT molecular complexity index is 764. The lowest BCUT2D eigenvalue weighted by molar-refractivity contribution is -0.137. The molecule has 0 spiro atoms. The lowest BCUT2D eigenvalue weighted by Gasteiger charge is -2.09. The first kappa shape index (κ1) is 25.1. The van der Waals surface area contributed by atoms with Crippen molar-refractivity contribution < 1.29 is 32.4 Å². The highest BCUT2D eigenvalue weighted by Gasteiger charge is 2.30. The van der Waals surface area contributed by atoms with Crippen LogP contribution in [0.2, 0.25) is 0 Å². The summed E-state index contributed by atoms with van der Waals surface area (Å²) in [5.41, 5.74) is -1.75. The first-order valence-electron chi connectivity index (χ1n) is 9.67. The van der Waals surface area contributed by atoms with Crippen molar-refractivity contribution in [3.8, 4) is 0 Å². The fraction of sp³-hybridized carbons (Fsp3) is 0.500. The van der Waals surface area contributed by atoms with Crippen LogP contribution < -0.4 is 10.6 Å². The molecule has 1 aromatic carbocycles. The van der Waals surface area contributed by atoms with Crippen LogP contribution in [0.1, 0.15) is 57.9 Å². The van der Waals surface area contributed by atoms with Gasteiger partial charge in [-0.25, -0.2) is 4.79 Å². The van der Waals surface area contributed by atoms with Gasteiger partial charge in [0.1, 0.15) is 0 Å². The zero-order chi connectivity index (χ0) is 22.6. The van der Waals surface area contributed by atoms with Gasteiger partial charge in [-0.15, -0.1) is 0 Å². The van der Waals surface area contributed by atoms with Crippen molar-refractivity contribution in [1.82, 2.24) is 5.32 Å². The zero-order valence-corrected chi connectivity index (χ0v) is 17.0. The molecular weight excluding hydrogens is 403 g/mol. The average molecular weight is 429 g/mol. The van der Waals surface area contributed by atoms with E-state index in [1.807, 2.05) is 0 Å². The molecule has 30 heavy (non-hydrogen) atoms. The van der Waals surface area contributed by atoms with Gasteiger partial charge in [-0.2, -0.15) is 13.2 Å². The largest absolute Gasteiger partial charge is 0.437 e. The maximum atomic E-state index is 12.7. The van der Waals surface area contributed by atoms with E-state index in [-0.39, 0.29) is 5.69 Å². The summed E-state index contributed by atoms with van der Waals surface area (Å²) in [5, 5.41) is 7.83. The molecule has 0 atom stereocenters. The molecule has 0 aliphatic heterocycles. The Hall–Kier alpha value is -2.91.